The molecule has 0 spiro atoms. The van der Waals surface area contributed by atoms with E-state index in [0.29, 0.717) is 17.1 Å². The van der Waals surface area contributed by atoms with Gasteiger partial charge >= 0.3 is 5.97 Å². The van der Waals surface area contributed by atoms with E-state index in [2.05, 4.69) is 4.74 Å². The van der Waals surface area contributed by atoms with E-state index in [-0.39, 0.29) is 12.5 Å². The average molecular weight is 256 g/mol. The van der Waals surface area contributed by atoms with Gasteiger partial charge in [0.25, 0.3) is 5.91 Å². The summed E-state index contributed by atoms with van der Waals surface area (Å²) in [5.74, 6) is -0.649. The summed E-state index contributed by atoms with van der Waals surface area (Å²) in [5, 5.41) is 0.567. The SMILES string of the molecule is CCN(CC(=O)OC)C(=O)c1ccc(Cl)cc1. The van der Waals surface area contributed by atoms with Crippen LogP contribution in [-0.4, -0.2) is 37.0 Å². The third-order valence-corrected chi connectivity index (χ3v) is 2.56. The van der Waals surface area contributed by atoms with E-state index in [1.807, 2.05) is 0 Å². The number of likely N-dealkylation sites (N-methyl/N-ethyl adjacent to an activating group) is 1. The van der Waals surface area contributed by atoms with E-state index in [0.717, 1.165) is 0 Å². The van der Waals surface area contributed by atoms with Crippen molar-refractivity contribution in [2.24, 2.45) is 0 Å². The van der Waals surface area contributed by atoms with Crippen molar-refractivity contribution in [3.05, 3.63) is 34.9 Å². The van der Waals surface area contributed by atoms with Gasteiger partial charge in [-0.05, 0) is 31.2 Å². The Bertz CT molecular complexity index is 403. The monoisotopic (exact) mass is 255 g/mol. The Labute approximate surface area is 105 Å². The Morgan fingerprint density at radius 2 is 1.88 bits per heavy atom. The van der Waals surface area contributed by atoms with Crippen LogP contribution >= 0.6 is 11.6 Å². The second-order valence-electron chi connectivity index (χ2n) is 3.40. The fourth-order valence-electron chi connectivity index (χ4n) is 1.32. The molecule has 0 fully saturated rings. The van der Waals surface area contributed by atoms with Crippen molar-refractivity contribution in [3.63, 3.8) is 0 Å². The van der Waals surface area contributed by atoms with E-state index in [9.17, 15) is 9.59 Å². The predicted molar refractivity (Wildman–Crippen MR) is 65.0 cm³/mol. The fourth-order valence-corrected chi connectivity index (χ4v) is 1.45. The Morgan fingerprint density at radius 3 is 2.35 bits per heavy atom. The highest BCUT2D eigenvalue weighted by Crippen LogP contribution is 2.11. The number of rotatable bonds is 4. The molecular formula is C12H14ClNO3. The normalized spacial score (nSPS) is 9.82. The lowest BCUT2D eigenvalue weighted by Gasteiger charge is -2.19. The topological polar surface area (TPSA) is 46.6 Å². The second kappa shape index (κ2) is 6.25. The Hall–Kier alpha value is -1.55. The van der Waals surface area contributed by atoms with E-state index >= 15 is 0 Å². The Kier molecular flexibility index (Phi) is 4.97. The summed E-state index contributed by atoms with van der Waals surface area (Å²) >= 11 is 5.74. The zero-order valence-electron chi connectivity index (χ0n) is 9.77. The molecule has 0 unspecified atom stereocenters. The van der Waals surface area contributed by atoms with E-state index in [1.165, 1.54) is 12.0 Å². The molecule has 92 valence electrons. The minimum absolute atomic E-state index is 0.0472. The fraction of sp³-hybridized carbons (Fsp3) is 0.333. The van der Waals surface area contributed by atoms with Crippen molar-refractivity contribution in [1.29, 1.82) is 0 Å². The molecule has 0 aliphatic heterocycles. The first-order valence-electron chi connectivity index (χ1n) is 5.20. The van der Waals surface area contributed by atoms with E-state index in [1.54, 1.807) is 31.2 Å². The van der Waals surface area contributed by atoms with Gasteiger partial charge in [0.05, 0.1) is 7.11 Å². The minimum Gasteiger partial charge on any atom is -0.468 e. The molecule has 0 aromatic heterocycles. The highest BCUT2D eigenvalue weighted by Gasteiger charge is 2.17. The third-order valence-electron chi connectivity index (χ3n) is 2.31. The smallest absolute Gasteiger partial charge is 0.325 e. The molecule has 0 aliphatic rings. The van der Waals surface area contributed by atoms with Gasteiger partial charge in [-0.1, -0.05) is 11.6 Å². The minimum atomic E-state index is -0.436. The van der Waals surface area contributed by atoms with Crippen molar-refractivity contribution < 1.29 is 14.3 Å². The van der Waals surface area contributed by atoms with E-state index < -0.39 is 5.97 Å². The van der Waals surface area contributed by atoms with Crippen LogP contribution in [0, 0.1) is 0 Å². The van der Waals surface area contributed by atoms with E-state index in [4.69, 9.17) is 11.6 Å². The van der Waals surface area contributed by atoms with Crippen LogP contribution < -0.4 is 0 Å². The van der Waals surface area contributed by atoms with Crippen molar-refractivity contribution in [1.82, 2.24) is 4.90 Å². The number of halogens is 1. The third kappa shape index (κ3) is 3.75. The number of esters is 1. The number of carbonyl (C=O) groups excluding carboxylic acids is 2. The molecule has 1 rings (SSSR count). The first-order chi connectivity index (χ1) is 8.08. The zero-order valence-corrected chi connectivity index (χ0v) is 10.5. The molecule has 1 amide bonds. The molecule has 0 bridgehead atoms. The first kappa shape index (κ1) is 13.5. The summed E-state index contributed by atoms with van der Waals surface area (Å²) in [6.45, 7) is 2.20. The van der Waals surface area contributed by atoms with Crippen molar-refractivity contribution in [3.8, 4) is 0 Å². The van der Waals surface area contributed by atoms with Gasteiger partial charge in [0.15, 0.2) is 0 Å². The lowest BCUT2D eigenvalue weighted by atomic mass is 10.2. The van der Waals surface area contributed by atoms with Gasteiger partial charge < -0.3 is 9.64 Å². The number of hydrogen-bond donors (Lipinski definition) is 0. The van der Waals surface area contributed by atoms with Gasteiger partial charge in [-0.3, -0.25) is 9.59 Å². The van der Waals surface area contributed by atoms with Crippen molar-refractivity contribution >= 4 is 23.5 Å². The van der Waals surface area contributed by atoms with Crippen LogP contribution in [0.5, 0.6) is 0 Å². The van der Waals surface area contributed by atoms with Gasteiger partial charge in [0.1, 0.15) is 6.54 Å². The predicted octanol–water partition coefficient (Wildman–Crippen LogP) is 1.98. The summed E-state index contributed by atoms with van der Waals surface area (Å²) in [6.07, 6.45) is 0. The Balaban J connectivity index is 2.78. The van der Waals surface area contributed by atoms with Crippen LogP contribution in [0.15, 0.2) is 24.3 Å². The molecule has 0 saturated carbocycles. The molecular weight excluding hydrogens is 242 g/mol. The zero-order chi connectivity index (χ0) is 12.8. The number of hydrogen-bond acceptors (Lipinski definition) is 3. The lowest BCUT2D eigenvalue weighted by molar-refractivity contribution is -0.141. The number of nitrogens with zero attached hydrogens (tertiary/aromatic N) is 1. The van der Waals surface area contributed by atoms with Gasteiger partial charge in [-0.25, -0.2) is 0 Å². The lowest BCUT2D eigenvalue weighted by Crippen LogP contribution is -2.35. The number of ether oxygens (including phenoxy) is 1. The summed E-state index contributed by atoms with van der Waals surface area (Å²) in [5.41, 5.74) is 0.500. The average Bonchev–Trinajstić information content (AvgIpc) is 2.35. The van der Waals surface area contributed by atoms with Gasteiger partial charge in [-0.15, -0.1) is 0 Å². The molecule has 17 heavy (non-hydrogen) atoms. The van der Waals surface area contributed by atoms with Crippen LogP contribution in [0.2, 0.25) is 5.02 Å². The molecule has 0 heterocycles. The maximum atomic E-state index is 12.0. The maximum absolute atomic E-state index is 12.0. The second-order valence-corrected chi connectivity index (χ2v) is 3.84. The Morgan fingerprint density at radius 1 is 1.29 bits per heavy atom. The molecule has 5 heteroatoms. The number of carbonyl (C=O) groups is 2. The first-order valence-corrected chi connectivity index (χ1v) is 5.58. The molecule has 0 aliphatic carbocycles. The molecule has 1 aromatic rings. The quantitative estimate of drug-likeness (QED) is 0.773. The summed E-state index contributed by atoms with van der Waals surface area (Å²) in [6, 6.07) is 6.54. The summed E-state index contributed by atoms with van der Waals surface area (Å²) in [4.78, 5) is 24.6. The van der Waals surface area contributed by atoms with Crippen LogP contribution in [0.1, 0.15) is 17.3 Å². The molecule has 0 N–H and O–H groups in total. The van der Waals surface area contributed by atoms with Crippen molar-refractivity contribution in [2.75, 3.05) is 20.2 Å². The highest BCUT2D eigenvalue weighted by molar-refractivity contribution is 6.30. The van der Waals surface area contributed by atoms with Crippen LogP contribution in [-0.2, 0) is 9.53 Å². The molecule has 0 radical (unpaired) electrons. The number of amides is 1. The van der Waals surface area contributed by atoms with Crippen LogP contribution in [0.3, 0.4) is 0 Å². The summed E-state index contributed by atoms with van der Waals surface area (Å²) in [7, 11) is 1.29. The number of benzene rings is 1. The van der Waals surface area contributed by atoms with Gasteiger partial charge in [-0.2, -0.15) is 0 Å². The largest absolute Gasteiger partial charge is 0.468 e. The summed E-state index contributed by atoms with van der Waals surface area (Å²) < 4.78 is 4.53. The van der Waals surface area contributed by atoms with Crippen LogP contribution in [0.4, 0.5) is 0 Å². The molecule has 0 atom stereocenters. The molecule has 1 aromatic carbocycles. The van der Waals surface area contributed by atoms with Gasteiger partial charge in [0.2, 0.25) is 0 Å². The number of methoxy groups -OCH3 is 1. The highest BCUT2D eigenvalue weighted by atomic mass is 35.5. The molecule has 4 nitrogen and oxygen atoms in total. The van der Waals surface area contributed by atoms with Crippen LogP contribution in [0.25, 0.3) is 0 Å². The molecule has 0 saturated heterocycles. The maximum Gasteiger partial charge on any atom is 0.325 e. The standard InChI is InChI=1S/C12H14ClNO3/c1-3-14(8-11(15)17-2)12(16)9-4-6-10(13)7-5-9/h4-7H,3,8H2,1-2H3. The van der Waals surface area contributed by atoms with Gasteiger partial charge in [0, 0.05) is 17.1 Å². The van der Waals surface area contributed by atoms with Crippen molar-refractivity contribution in [2.45, 2.75) is 6.92 Å².